The van der Waals surface area contributed by atoms with E-state index in [1.165, 1.54) is 10.6 Å². The molecular weight excluding hydrogens is 344 g/mol. The van der Waals surface area contributed by atoms with Gasteiger partial charge in [0, 0.05) is 31.9 Å². The monoisotopic (exact) mass is 366 g/mol. The first-order chi connectivity index (χ1) is 11.8. The van der Waals surface area contributed by atoms with E-state index < -0.39 is 10.0 Å². The second kappa shape index (κ2) is 7.01. The van der Waals surface area contributed by atoms with Crippen molar-refractivity contribution < 1.29 is 18.0 Å². The second-order valence-corrected chi connectivity index (χ2v) is 8.33. The number of hydrogen-bond acceptors (Lipinski definition) is 4. The van der Waals surface area contributed by atoms with Crippen LogP contribution in [-0.2, 0) is 14.8 Å². The molecule has 0 saturated carbocycles. The fourth-order valence-corrected chi connectivity index (χ4v) is 4.08. The maximum Gasteiger partial charge on any atom is 0.317 e. The molecule has 0 spiro atoms. The van der Waals surface area contributed by atoms with Crippen molar-refractivity contribution in [2.45, 2.75) is 18.9 Å². The highest BCUT2D eigenvalue weighted by Crippen LogP contribution is 2.30. The number of anilines is 1. The standard InChI is InChI=1S/C16H22N4O4S/c1-25(23,24)20-8-4-7-19(9-10-20)16(22)18-14-11-15(21)17-13-6-3-2-5-12(13)14/h2-3,5-6,14H,4,7-11H2,1H3,(H,17,21)(H,18,22)/t14-/m1/s1. The molecule has 0 radical (unpaired) electrons. The lowest BCUT2D eigenvalue weighted by Gasteiger charge is -2.29. The quantitative estimate of drug-likeness (QED) is 0.807. The predicted molar refractivity (Wildman–Crippen MR) is 93.6 cm³/mol. The molecule has 1 saturated heterocycles. The Balaban J connectivity index is 1.68. The first kappa shape index (κ1) is 17.7. The van der Waals surface area contributed by atoms with Crippen molar-refractivity contribution in [1.82, 2.24) is 14.5 Å². The zero-order valence-electron chi connectivity index (χ0n) is 14.1. The second-order valence-electron chi connectivity index (χ2n) is 6.34. The maximum absolute atomic E-state index is 12.6. The molecule has 9 heteroatoms. The van der Waals surface area contributed by atoms with Crippen LogP contribution in [-0.4, -0.2) is 62.0 Å². The number of urea groups is 1. The Morgan fingerprint density at radius 1 is 1.20 bits per heavy atom. The predicted octanol–water partition coefficient (Wildman–Crippen LogP) is 0.747. The van der Waals surface area contributed by atoms with E-state index in [-0.39, 0.29) is 30.9 Å². The molecule has 25 heavy (non-hydrogen) atoms. The van der Waals surface area contributed by atoms with Crippen molar-refractivity contribution in [2.24, 2.45) is 0 Å². The van der Waals surface area contributed by atoms with Gasteiger partial charge in [0.1, 0.15) is 0 Å². The molecule has 0 unspecified atom stereocenters. The number of para-hydroxylation sites is 1. The van der Waals surface area contributed by atoms with Crippen molar-refractivity contribution in [3.63, 3.8) is 0 Å². The number of rotatable bonds is 2. The van der Waals surface area contributed by atoms with Gasteiger partial charge in [-0.1, -0.05) is 18.2 Å². The average Bonchev–Trinajstić information content (AvgIpc) is 2.80. The van der Waals surface area contributed by atoms with Crippen LogP contribution in [0.2, 0.25) is 0 Å². The third kappa shape index (κ3) is 4.10. The molecule has 0 bridgehead atoms. The molecule has 1 aromatic carbocycles. The Morgan fingerprint density at radius 3 is 2.72 bits per heavy atom. The van der Waals surface area contributed by atoms with Gasteiger partial charge in [0.05, 0.1) is 18.7 Å². The highest BCUT2D eigenvalue weighted by Gasteiger charge is 2.29. The van der Waals surface area contributed by atoms with Crippen LogP contribution in [0.25, 0.3) is 0 Å². The highest BCUT2D eigenvalue weighted by atomic mass is 32.2. The van der Waals surface area contributed by atoms with E-state index in [9.17, 15) is 18.0 Å². The van der Waals surface area contributed by atoms with Crippen LogP contribution in [0.15, 0.2) is 24.3 Å². The number of carbonyl (C=O) groups excluding carboxylic acids is 2. The molecule has 8 nitrogen and oxygen atoms in total. The minimum absolute atomic E-state index is 0.136. The largest absolute Gasteiger partial charge is 0.331 e. The minimum Gasteiger partial charge on any atom is -0.331 e. The number of amides is 3. The smallest absolute Gasteiger partial charge is 0.317 e. The van der Waals surface area contributed by atoms with Gasteiger partial charge in [0.25, 0.3) is 0 Å². The lowest BCUT2D eigenvalue weighted by Crippen LogP contribution is -2.45. The van der Waals surface area contributed by atoms with Gasteiger partial charge in [-0.2, -0.15) is 0 Å². The number of nitrogens with zero attached hydrogens (tertiary/aromatic N) is 2. The Bertz CT molecular complexity index is 780. The first-order valence-corrected chi connectivity index (χ1v) is 10.1. The first-order valence-electron chi connectivity index (χ1n) is 8.24. The average molecular weight is 366 g/mol. The summed E-state index contributed by atoms with van der Waals surface area (Å²) in [6.07, 6.45) is 1.95. The summed E-state index contributed by atoms with van der Waals surface area (Å²) in [7, 11) is -3.25. The third-order valence-corrected chi connectivity index (χ3v) is 5.81. The van der Waals surface area contributed by atoms with Gasteiger partial charge >= 0.3 is 6.03 Å². The molecule has 3 rings (SSSR count). The summed E-state index contributed by atoms with van der Waals surface area (Å²) in [5, 5.41) is 5.71. The number of carbonyl (C=O) groups is 2. The summed E-state index contributed by atoms with van der Waals surface area (Å²) in [6.45, 7) is 1.52. The fraction of sp³-hybridized carbons (Fsp3) is 0.500. The van der Waals surface area contributed by atoms with Gasteiger partial charge in [0.15, 0.2) is 0 Å². The van der Waals surface area contributed by atoms with E-state index in [0.29, 0.717) is 31.7 Å². The molecule has 2 N–H and O–H groups in total. The molecule has 0 aliphatic carbocycles. The molecule has 2 aliphatic rings. The Labute approximate surface area is 147 Å². The fourth-order valence-electron chi connectivity index (χ4n) is 3.21. The lowest BCUT2D eigenvalue weighted by atomic mass is 9.97. The molecular formula is C16H22N4O4S. The Kier molecular flexibility index (Phi) is 4.96. The van der Waals surface area contributed by atoms with E-state index in [1.54, 1.807) is 4.90 Å². The summed E-state index contributed by atoms with van der Waals surface area (Å²) < 4.78 is 24.7. The number of fused-ring (bicyclic) bond motifs is 1. The summed E-state index contributed by atoms with van der Waals surface area (Å²) in [6, 6.07) is 6.73. The normalized spacial score (nSPS) is 21.9. The molecule has 0 aromatic heterocycles. The zero-order valence-corrected chi connectivity index (χ0v) is 14.9. The molecule has 1 fully saturated rings. The van der Waals surface area contributed by atoms with Crippen molar-refractivity contribution in [2.75, 3.05) is 37.8 Å². The van der Waals surface area contributed by atoms with Gasteiger partial charge in [0.2, 0.25) is 15.9 Å². The third-order valence-electron chi connectivity index (χ3n) is 4.51. The van der Waals surface area contributed by atoms with E-state index in [4.69, 9.17) is 0 Å². The number of sulfonamides is 1. The zero-order chi connectivity index (χ0) is 18.0. The number of benzene rings is 1. The van der Waals surface area contributed by atoms with E-state index in [0.717, 1.165) is 5.56 Å². The summed E-state index contributed by atoms with van der Waals surface area (Å²) in [5.74, 6) is -0.136. The van der Waals surface area contributed by atoms with Crippen LogP contribution in [0.1, 0.15) is 24.4 Å². The molecule has 1 atom stereocenters. The molecule has 3 amide bonds. The van der Waals surface area contributed by atoms with Crippen molar-refractivity contribution in [3.05, 3.63) is 29.8 Å². The van der Waals surface area contributed by atoms with Crippen LogP contribution >= 0.6 is 0 Å². The maximum atomic E-state index is 12.6. The van der Waals surface area contributed by atoms with Gasteiger partial charge in [-0.25, -0.2) is 17.5 Å². The van der Waals surface area contributed by atoms with Gasteiger partial charge < -0.3 is 15.5 Å². The highest BCUT2D eigenvalue weighted by molar-refractivity contribution is 7.88. The van der Waals surface area contributed by atoms with Crippen LogP contribution < -0.4 is 10.6 Å². The lowest BCUT2D eigenvalue weighted by molar-refractivity contribution is -0.116. The molecule has 1 aromatic rings. The van der Waals surface area contributed by atoms with Gasteiger partial charge in [-0.15, -0.1) is 0 Å². The van der Waals surface area contributed by atoms with Crippen LogP contribution in [0.3, 0.4) is 0 Å². The van der Waals surface area contributed by atoms with Crippen LogP contribution in [0.4, 0.5) is 10.5 Å². The topological polar surface area (TPSA) is 98.8 Å². The summed E-state index contributed by atoms with van der Waals surface area (Å²) in [4.78, 5) is 26.1. The molecule has 2 heterocycles. The van der Waals surface area contributed by atoms with E-state index in [2.05, 4.69) is 10.6 Å². The summed E-state index contributed by atoms with van der Waals surface area (Å²) in [5.41, 5.74) is 1.59. The van der Waals surface area contributed by atoms with Gasteiger partial charge in [-0.05, 0) is 18.1 Å². The van der Waals surface area contributed by atoms with Crippen molar-refractivity contribution >= 4 is 27.6 Å². The van der Waals surface area contributed by atoms with Crippen LogP contribution in [0.5, 0.6) is 0 Å². The van der Waals surface area contributed by atoms with Crippen molar-refractivity contribution in [1.29, 1.82) is 0 Å². The summed E-state index contributed by atoms with van der Waals surface area (Å²) >= 11 is 0. The number of nitrogens with one attached hydrogen (secondary N) is 2. The Hall–Kier alpha value is -2.13. The minimum atomic E-state index is -3.25. The van der Waals surface area contributed by atoms with E-state index in [1.807, 2.05) is 24.3 Å². The molecule has 2 aliphatic heterocycles. The van der Waals surface area contributed by atoms with E-state index >= 15 is 0 Å². The number of hydrogen-bond donors (Lipinski definition) is 2. The Morgan fingerprint density at radius 2 is 1.96 bits per heavy atom. The van der Waals surface area contributed by atoms with Crippen LogP contribution in [0, 0.1) is 0 Å². The molecule has 136 valence electrons. The van der Waals surface area contributed by atoms with Crippen molar-refractivity contribution in [3.8, 4) is 0 Å². The van der Waals surface area contributed by atoms with Gasteiger partial charge in [-0.3, -0.25) is 4.79 Å². The SMILES string of the molecule is CS(=O)(=O)N1CCCN(C(=O)N[C@@H]2CC(=O)Nc3ccccc32)CC1.